The molecule has 0 aliphatic heterocycles. The first kappa shape index (κ1) is 28.3. The molecule has 0 bridgehead atoms. The Labute approximate surface area is 196 Å². The molecular formula is C27H45O5. The standard InChI is InChI=1S/C27H45O5/c1-4-5-6-7-8-9-10-11-12-13-14-15-16-17-18-19-22-31-32-27(28)25-21-20-24(29-2)23-26(25)30-3/h20-21,23H,1,4-19,22H2,2-3H3. The highest BCUT2D eigenvalue weighted by molar-refractivity contribution is 5.92. The van der Waals surface area contributed by atoms with Gasteiger partial charge in [-0.15, -0.1) is 0 Å². The van der Waals surface area contributed by atoms with Crippen LogP contribution in [0.5, 0.6) is 11.5 Å². The van der Waals surface area contributed by atoms with Crippen LogP contribution >= 0.6 is 0 Å². The molecule has 0 heterocycles. The summed E-state index contributed by atoms with van der Waals surface area (Å²) >= 11 is 0. The fourth-order valence-electron chi connectivity index (χ4n) is 3.74. The largest absolute Gasteiger partial charge is 0.497 e. The lowest BCUT2D eigenvalue weighted by atomic mass is 10.0. The predicted molar refractivity (Wildman–Crippen MR) is 130 cm³/mol. The molecule has 0 aliphatic carbocycles. The SMILES string of the molecule is [CH2]CCCCCCCCCCCCCCCCCOOC(=O)c1ccc(OC)cc1OC. The van der Waals surface area contributed by atoms with Crippen LogP contribution in [0, 0.1) is 6.92 Å². The maximum absolute atomic E-state index is 12.1. The number of hydrogen-bond acceptors (Lipinski definition) is 5. The van der Waals surface area contributed by atoms with Crippen molar-refractivity contribution in [3.05, 3.63) is 30.7 Å². The number of hydrogen-bond donors (Lipinski definition) is 0. The van der Waals surface area contributed by atoms with Gasteiger partial charge in [-0.25, -0.2) is 4.79 Å². The number of carbonyl (C=O) groups excluding carboxylic acids is 1. The summed E-state index contributed by atoms with van der Waals surface area (Å²) in [5.41, 5.74) is 0.318. The zero-order valence-corrected chi connectivity index (χ0v) is 20.5. The van der Waals surface area contributed by atoms with Crippen molar-refractivity contribution in [1.82, 2.24) is 0 Å². The molecule has 183 valence electrons. The molecule has 0 spiro atoms. The molecule has 0 aliphatic rings. The fraction of sp³-hybridized carbons (Fsp3) is 0.704. The van der Waals surface area contributed by atoms with Gasteiger partial charge in [0.15, 0.2) is 0 Å². The van der Waals surface area contributed by atoms with Crippen molar-refractivity contribution >= 4 is 5.97 Å². The minimum Gasteiger partial charge on any atom is -0.497 e. The third-order valence-corrected chi connectivity index (χ3v) is 5.74. The summed E-state index contributed by atoms with van der Waals surface area (Å²) in [5.74, 6) is 0.461. The minimum absolute atomic E-state index is 0.318. The molecule has 0 amide bonds. The highest BCUT2D eigenvalue weighted by atomic mass is 17.2. The molecule has 1 rings (SSSR count). The molecule has 1 radical (unpaired) electrons. The topological polar surface area (TPSA) is 54.0 Å². The van der Waals surface area contributed by atoms with Crippen LogP contribution in [0.4, 0.5) is 0 Å². The van der Waals surface area contributed by atoms with E-state index in [1.165, 1.54) is 90.6 Å². The first-order valence-electron chi connectivity index (χ1n) is 12.6. The van der Waals surface area contributed by atoms with Gasteiger partial charge >= 0.3 is 5.97 Å². The van der Waals surface area contributed by atoms with Crippen LogP contribution in [0.25, 0.3) is 0 Å². The van der Waals surface area contributed by atoms with E-state index in [0.29, 0.717) is 23.7 Å². The predicted octanol–water partition coefficient (Wildman–Crippen LogP) is 7.87. The van der Waals surface area contributed by atoms with E-state index in [-0.39, 0.29) is 0 Å². The highest BCUT2D eigenvalue weighted by Gasteiger charge is 2.15. The second-order valence-electron chi connectivity index (χ2n) is 8.42. The number of unbranched alkanes of at least 4 members (excludes halogenated alkanes) is 15. The van der Waals surface area contributed by atoms with Gasteiger partial charge in [0.2, 0.25) is 0 Å². The van der Waals surface area contributed by atoms with E-state index < -0.39 is 5.97 Å². The van der Waals surface area contributed by atoms with Crippen LogP contribution in [0.3, 0.4) is 0 Å². The second-order valence-corrected chi connectivity index (χ2v) is 8.42. The average Bonchev–Trinajstić information content (AvgIpc) is 2.82. The summed E-state index contributed by atoms with van der Waals surface area (Å²) in [4.78, 5) is 22.1. The summed E-state index contributed by atoms with van der Waals surface area (Å²) in [7, 11) is 3.06. The quantitative estimate of drug-likeness (QED) is 0.109. The molecule has 0 fully saturated rings. The molecule has 5 heteroatoms. The van der Waals surface area contributed by atoms with E-state index in [1.807, 2.05) is 0 Å². The first-order valence-corrected chi connectivity index (χ1v) is 12.6. The van der Waals surface area contributed by atoms with Gasteiger partial charge in [0.1, 0.15) is 17.1 Å². The lowest BCUT2D eigenvalue weighted by Gasteiger charge is -2.09. The molecule has 1 aromatic carbocycles. The summed E-state index contributed by atoms with van der Waals surface area (Å²) in [5, 5.41) is 0. The van der Waals surface area contributed by atoms with Crippen molar-refractivity contribution in [2.45, 2.75) is 103 Å². The van der Waals surface area contributed by atoms with Crippen LogP contribution in [0.15, 0.2) is 18.2 Å². The van der Waals surface area contributed by atoms with Gasteiger partial charge in [0, 0.05) is 6.07 Å². The summed E-state index contributed by atoms with van der Waals surface area (Å²) in [6.07, 6.45) is 20.6. The van der Waals surface area contributed by atoms with E-state index in [4.69, 9.17) is 19.2 Å². The van der Waals surface area contributed by atoms with Gasteiger partial charge in [-0.05, 0) is 18.6 Å². The van der Waals surface area contributed by atoms with Gasteiger partial charge < -0.3 is 9.47 Å². The smallest absolute Gasteiger partial charge is 0.376 e. The molecule has 32 heavy (non-hydrogen) atoms. The van der Waals surface area contributed by atoms with Crippen LogP contribution in [0.2, 0.25) is 0 Å². The van der Waals surface area contributed by atoms with Crippen molar-refractivity contribution < 1.29 is 24.0 Å². The van der Waals surface area contributed by atoms with Crippen molar-refractivity contribution in [3.63, 3.8) is 0 Å². The Hall–Kier alpha value is -1.75. The lowest BCUT2D eigenvalue weighted by molar-refractivity contribution is -0.241. The normalized spacial score (nSPS) is 10.8. The Morgan fingerprint density at radius 3 is 1.69 bits per heavy atom. The minimum atomic E-state index is -0.557. The van der Waals surface area contributed by atoms with E-state index in [2.05, 4.69) is 6.92 Å². The van der Waals surface area contributed by atoms with E-state index in [1.54, 1.807) is 25.3 Å². The van der Waals surface area contributed by atoms with E-state index in [0.717, 1.165) is 19.3 Å². The van der Waals surface area contributed by atoms with Gasteiger partial charge in [-0.1, -0.05) is 103 Å². The number of rotatable bonds is 21. The third kappa shape index (κ3) is 13.6. The van der Waals surface area contributed by atoms with Crippen LogP contribution < -0.4 is 9.47 Å². The molecule has 0 saturated carbocycles. The zero-order valence-electron chi connectivity index (χ0n) is 20.5. The Morgan fingerprint density at radius 2 is 1.22 bits per heavy atom. The van der Waals surface area contributed by atoms with Gasteiger partial charge in [0.25, 0.3) is 0 Å². The maximum Gasteiger partial charge on any atom is 0.376 e. The van der Waals surface area contributed by atoms with Crippen LogP contribution in [-0.2, 0) is 9.78 Å². The molecule has 0 aromatic heterocycles. The number of ether oxygens (including phenoxy) is 2. The molecule has 0 saturated heterocycles. The Balaban J connectivity index is 1.90. The van der Waals surface area contributed by atoms with Crippen LogP contribution in [-0.4, -0.2) is 26.8 Å². The molecule has 0 atom stereocenters. The monoisotopic (exact) mass is 449 g/mol. The molecular weight excluding hydrogens is 404 g/mol. The van der Waals surface area contributed by atoms with E-state index in [9.17, 15) is 4.79 Å². The first-order chi connectivity index (χ1) is 15.7. The average molecular weight is 450 g/mol. The van der Waals surface area contributed by atoms with Crippen molar-refractivity contribution in [2.75, 3.05) is 20.8 Å². The van der Waals surface area contributed by atoms with Crippen molar-refractivity contribution in [1.29, 1.82) is 0 Å². The summed E-state index contributed by atoms with van der Waals surface area (Å²) in [6, 6.07) is 4.94. The molecule has 5 nitrogen and oxygen atoms in total. The highest BCUT2D eigenvalue weighted by Crippen LogP contribution is 2.25. The second kappa shape index (κ2) is 19.9. The molecule has 0 unspecified atom stereocenters. The molecule has 0 N–H and O–H groups in total. The fourth-order valence-corrected chi connectivity index (χ4v) is 3.74. The van der Waals surface area contributed by atoms with E-state index >= 15 is 0 Å². The number of methoxy groups -OCH3 is 2. The van der Waals surface area contributed by atoms with Gasteiger partial charge in [0.05, 0.1) is 20.8 Å². The Morgan fingerprint density at radius 1 is 0.719 bits per heavy atom. The van der Waals surface area contributed by atoms with Crippen molar-refractivity contribution in [3.8, 4) is 11.5 Å². The number of carbonyl (C=O) groups is 1. The summed E-state index contributed by atoms with van der Waals surface area (Å²) < 4.78 is 10.3. The van der Waals surface area contributed by atoms with Crippen molar-refractivity contribution in [2.24, 2.45) is 0 Å². The third-order valence-electron chi connectivity index (χ3n) is 5.74. The van der Waals surface area contributed by atoms with Gasteiger partial charge in [-0.3, -0.25) is 4.89 Å². The summed E-state index contributed by atoms with van der Waals surface area (Å²) in [6.45, 7) is 4.31. The van der Waals surface area contributed by atoms with Gasteiger partial charge in [-0.2, -0.15) is 4.89 Å². The molecule has 1 aromatic rings. The van der Waals surface area contributed by atoms with Crippen LogP contribution in [0.1, 0.15) is 113 Å². The Kier molecular flexibility index (Phi) is 17.6. The maximum atomic E-state index is 12.1. The lowest BCUT2D eigenvalue weighted by Crippen LogP contribution is -2.08. The zero-order chi connectivity index (χ0) is 23.3. The Bertz CT molecular complexity index is 587. The number of benzene rings is 1.